The second-order valence-electron chi connectivity index (χ2n) is 5.22. The molecule has 104 valence electrons. The van der Waals surface area contributed by atoms with E-state index in [1.54, 1.807) is 0 Å². The van der Waals surface area contributed by atoms with Crippen LogP contribution in [-0.4, -0.2) is 62.4 Å². The zero-order valence-corrected chi connectivity index (χ0v) is 11.5. The fourth-order valence-corrected chi connectivity index (χ4v) is 2.95. The average molecular weight is 262 g/mol. The van der Waals surface area contributed by atoms with Crippen LogP contribution in [0.15, 0.2) is 18.5 Å². The van der Waals surface area contributed by atoms with Gasteiger partial charge in [0.05, 0.1) is 37.0 Å². The van der Waals surface area contributed by atoms with Gasteiger partial charge in [-0.2, -0.15) is 0 Å². The molecule has 2 aliphatic rings. The molecule has 1 aromatic heterocycles. The van der Waals surface area contributed by atoms with Crippen LogP contribution in [0.25, 0.3) is 0 Å². The van der Waals surface area contributed by atoms with Crippen molar-refractivity contribution in [1.82, 2.24) is 9.88 Å². The van der Waals surface area contributed by atoms with Crippen molar-refractivity contribution < 1.29 is 4.74 Å². The third-order valence-corrected chi connectivity index (χ3v) is 4.10. The van der Waals surface area contributed by atoms with E-state index in [0.29, 0.717) is 6.04 Å². The highest BCUT2D eigenvalue weighted by molar-refractivity contribution is 5.56. The fourth-order valence-electron chi connectivity index (χ4n) is 2.95. The fraction of sp³-hybridized carbons (Fsp3) is 0.643. The molecule has 2 aliphatic heterocycles. The molecule has 0 aromatic carbocycles. The Balaban J connectivity index is 1.64. The van der Waals surface area contributed by atoms with Gasteiger partial charge in [0.15, 0.2) is 0 Å². The van der Waals surface area contributed by atoms with Crippen LogP contribution in [0.2, 0.25) is 0 Å². The molecule has 0 amide bonds. The molecule has 2 fully saturated rings. The molecule has 0 spiro atoms. The molecular formula is C14H22N4O. The number of nitrogens with zero attached hydrogens (tertiary/aromatic N) is 3. The second-order valence-corrected chi connectivity index (χ2v) is 5.22. The standard InChI is InChI=1S/C14H22N4O/c1-15-12-8-14(10-16-9-12)18-3-2-13(11-18)17-4-6-19-7-5-17/h8-10,13,15H,2-7,11H2,1H3. The maximum atomic E-state index is 5.43. The molecule has 1 atom stereocenters. The van der Waals surface area contributed by atoms with Crippen LogP contribution in [0, 0.1) is 0 Å². The van der Waals surface area contributed by atoms with Gasteiger partial charge in [-0.3, -0.25) is 9.88 Å². The Morgan fingerprint density at radius 3 is 2.89 bits per heavy atom. The molecule has 5 heteroatoms. The van der Waals surface area contributed by atoms with Gasteiger partial charge in [-0.1, -0.05) is 0 Å². The summed E-state index contributed by atoms with van der Waals surface area (Å²) in [6.45, 7) is 6.15. The number of aromatic nitrogens is 1. The van der Waals surface area contributed by atoms with E-state index in [1.165, 1.54) is 12.1 Å². The topological polar surface area (TPSA) is 40.6 Å². The number of ether oxygens (including phenoxy) is 1. The van der Waals surface area contributed by atoms with Gasteiger partial charge in [-0.05, 0) is 12.5 Å². The van der Waals surface area contributed by atoms with E-state index in [-0.39, 0.29) is 0 Å². The molecule has 0 aliphatic carbocycles. The van der Waals surface area contributed by atoms with Crippen LogP contribution >= 0.6 is 0 Å². The lowest BCUT2D eigenvalue weighted by Crippen LogP contribution is -2.44. The molecule has 3 heterocycles. The largest absolute Gasteiger partial charge is 0.387 e. The Morgan fingerprint density at radius 1 is 1.26 bits per heavy atom. The minimum absolute atomic E-state index is 0.669. The van der Waals surface area contributed by atoms with E-state index in [9.17, 15) is 0 Å². The molecule has 1 unspecified atom stereocenters. The van der Waals surface area contributed by atoms with Crippen LogP contribution < -0.4 is 10.2 Å². The van der Waals surface area contributed by atoms with Crippen LogP contribution in [0.4, 0.5) is 11.4 Å². The van der Waals surface area contributed by atoms with E-state index in [4.69, 9.17) is 4.74 Å². The molecule has 2 saturated heterocycles. The first-order chi connectivity index (χ1) is 9.36. The summed E-state index contributed by atoms with van der Waals surface area (Å²) in [7, 11) is 1.93. The SMILES string of the molecule is CNc1cncc(N2CCC(N3CCOCC3)C2)c1. The third kappa shape index (κ3) is 2.82. The van der Waals surface area contributed by atoms with Crippen molar-refractivity contribution in [2.24, 2.45) is 0 Å². The monoisotopic (exact) mass is 262 g/mol. The molecule has 1 aromatic rings. The Morgan fingerprint density at radius 2 is 2.11 bits per heavy atom. The maximum absolute atomic E-state index is 5.43. The van der Waals surface area contributed by atoms with Gasteiger partial charge >= 0.3 is 0 Å². The molecule has 3 rings (SSSR count). The molecule has 0 saturated carbocycles. The highest BCUT2D eigenvalue weighted by atomic mass is 16.5. The number of pyridine rings is 1. The van der Waals surface area contributed by atoms with Crippen molar-refractivity contribution in [3.05, 3.63) is 18.5 Å². The van der Waals surface area contributed by atoms with Crippen LogP contribution in [0.3, 0.4) is 0 Å². The summed E-state index contributed by atoms with van der Waals surface area (Å²) in [5.41, 5.74) is 2.30. The van der Waals surface area contributed by atoms with Crippen molar-refractivity contribution >= 4 is 11.4 Å². The lowest BCUT2D eigenvalue weighted by atomic mass is 10.2. The summed E-state index contributed by atoms with van der Waals surface area (Å²) < 4.78 is 5.43. The first-order valence-corrected chi connectivity index (χ1v) is 7.06. The van der Waals surface area contributed by atoms with E-state index in [0.717, 1.165) is 45.1 Å². The van der Waals surface area contributed by atoms with Crippen LogP contribution in [-0.2, 0) is 4.74 Å². The third-order valence-electron chi connectivity index (χ3n) is 4.10. The normalized spacial score (nSPS) is 24.7. The van der Waals surface area contributed by atoms with Gasteiger partial charge in [0, 0.05) is 39.3 Å². The number of hydrogen-bond donors (Lipinski definition) is 1. The summed E-state index contributed by atoms with van der Waals surface area (Å²) in [6, 6.07) is 2.84. The Kier molecular flexibility index (Phi) is 3.84. The lowest BCUT2D eigenvalue weighted by molar-refractivity contribution is 0.0209. The average Bonchev–Trinajstić information content (AvgIpc) is 2.98. The van der Waals surface area contributed by atoms with E-state index >= 15 is 0 Å². The number of hydrogen-bond acceptors (Lipinski definition) is 5. The highest BCUT2D eigenvalue weighted by Crippen LogP contribution is 2.24. The lowest BCUT2D eigenvalue weighted by Gasteiger charge is -2.32. The number of anilines is 2. The van der Waals surface area contributed by atoms with Crippen molar-refractivity contribution in [2.75, 3.05) is 56.7 Å². The second kappa shape index (κ2) is 5.75. The molecule has 19 heavy (non-hydrogen) atoms. The molecular weight excluding hydrogens is 240 g/mol. The van der Waals surface area contributed by atoms with Crippen molar-refractivity contribution in [3.63, 3.8) is 0 Å². The van der Waals surface area contributed by atoms with Crippen molar-refractivity contribution in [2.45, 2.75) is 12.5 Å². The Hall–Kier alpha value is -1.33. The smallest absolute Gasteiger partial charge is 0.0594 e. The molecule has 0 radical (unpaired) electrons. The zero-order valence-electron chi connectivity index (χ0n) is 11.5. The van der Waals surface area contributed by atoms with Gasteiger partial charge in [0.25, 0.3) is 0 Å². The number of morpholine rings is 1. The molecule has 1 N–H and O–H groups in total. The van der Waals surface area contributed by atoms with E-state index in [2.05, 4.69) is 26.2 Å². The summed E-state index contributed by atoms with van der Waals surface area (Å²) in [5, 5.41) is 3.15. The van der Waals surface area contributed by atoms with Gasteiger partial charge in [-0.15, -0.1) is 0 Å². The van der Waals surface area contributed by atoms with Gasteiger partial charge < -0.3 is 15.0 Å². The van der Waals surface area contributed by atoms with Crippen molar-refractivity contribution in [3.8, 4) is 0 Å². The predicted molar refractivity (Wildman–Crippen MR) is 76.8 cm³/mol. The van der Waals surface area contributed by atoms with Crippen molar-refractivity contribution in [1.29, 1.82) is 0 Å². The Bertz CT molecular complexity index is 420. The summed E-state index contributed by atoms with van der Waals surface area (Å²) in [6.07, 6.45) is 5.06. The molecule has 5 nitrogen and oxygen atoms in total. The summed E-state index contributed by atoms with van der Waals surface area (Å²) in [5.74, 6) is 0. The maximum Gasteiger partial charge on any atom is 0.0594 e. The van der Waals surface area contributed by atoms with E-state index in [1.807, 2.05) is 19.4 Å². The van der Waals surface area contributed by atoms with Gasteiger partial charge in [0.1, 0.15) is 0 Å². The quantitative estimate of drug-likeness (QED) is 0.881. The summed E-state index contributed by atoms with van der Waals surface area (Å²) >= 11 is 0. The van der Waals surface area contributed by atoms with Crippen LogP contribution in [0.5, 0.6) is 0 Å². The van der Waals surface area contributed by atoms with Gasteiger partial charge in [-0.25, -0.2) is 0 Å². The minimum atomic E-state index is 0.669. The highest BCUT2D eigenvalue weighted by Gasteiger charge is 2.28. The number of nitrogens with one attached hydrogen (secondary N) is 1. The first kappa shape index (κ1) is 12.7. The summed E-state index contributed by atoms with van der Waals surface area (Å²) in [4.78, 5) is 9.31. The molecule has 0 bridgehead atoms. The van der Waals surface area contributed by atoms with Gasteiger partial charge in [0.2, 0.25) is 0 Å². The first-order valence-electron chi connectivity index (χ1n) is 7.06. The number of rotatable bonds is 3. The van der Waals surface area contributed by atoms with E-state index < -0.39 is 0 Å². The zero-order chi connectivity index (χ0) is 13.1. The predicted octanol–water partition coefficient (Wildman–Crippen LogP) is 1.03. The van der Waals surface area contributed by atoms with Crippen LogP contribution in [0.1, 0.15) is 6.42 Å². The Labute approximate surface area is 114 Å². The minimum Gasteiger partial charge on any atom is -0.387 e.